The van der Waals surface area contributed by atoms with E-state index < -0.39 is 35.6 Å². The largest absolute Gasteiger partial charge is 0.497 e. The van der Waals surface area contributed by atoms with Crippen LogP contribution in [0.5, 0.6) is 11.5 Å². The van der Waals surface area contributed by atoms with Gasteiger partial charge >= 0.3 is 12.0 Å². The van der Waals surface area contributed by atoms with Crippen LogP contribution in [0.15, 0.2) is 78.9 Å². The van der Waals surface area contributed by atoms with Crippen LogP contribution in [0.25, 0.3) is 0 Å². The zero-order chi connectivity index (χ0) is 31.4. The summed E-state index contributed by atoms with van der Waals surface area (Å²) in [6.07, 6.45) is 0.572. The van der Waals surface area contributed by atoms with Gasteiger partial charge in [0.25, 0.3) is 0 Å². The van der Waals surface area contributed by atoms with Gasteiger partial charge in [-0.15, -0.1) is 0 Å². The highest BCUT2D eigenvalue weighted by atomic mass is 16.6. The Bertz CT molecular complexity index is 1320. The van der Waals surface area contributed by atoms with Crippen LogP contribution in [-0.2, 0) is 27.4 Å². The van der Waals surface area contributed by atoms with Gasteiger partial charge in [0.1, 0.15) is 35.8 Å². The van der Waals surface area contributed by atoms with E-state index in [2.05, 4.69) is 16.0 Å². The molecule has 0 heterocycles. The van der Waals surface area contributed by atoms with E-state index in [4.69, 9.17) is 14.2 Å². The third-order valence-corrected chi connectivity index (χ3v) is 6.30. The lowest BCUT2D eigenvalue weighted by atomic mass is 10.0. The first-order valence-electron chi connectivity index (χ1n) is 14.4. The number of benzene rings is 3. The maximum absolute atomic E-state index is 13.5. The van der Waals surface area contributed by atoms with Gasteiger partial charge in [0, 0.05) is 12.1 Å². The molecule has 0 aromatic heterocycles. The molecular formula is C34H43N3O6. The smallest absolute Gasteiger partial charge is 0.329 e. The van der Waals surface area contributed by atoms with Crippen molar-refractivity contribution < 1.29 is 28.6 Å². The molecule has 9 heteroatoms. The first-order chi connectivity index (χ1) is 20.4. The summed E-state index contributed by atoms with van der Waals surface area (Å²) in [6.45, 7) is 9.67. The predicted molar refractivity (Wildman–Crippen MR) is 167 cm³/mol. The summed E-state index contributed by atoms with van der Waals surface area (Å²) in [5.74, 6) is 0.411. The second kappa shape index (κ2) is 15.6. The molecule has 3 rings (SSSR count). The standard InChI is InChI=1S/C34H43N3O6/c1-23(2)20-29(37-33(40)35-26-14-18-27(41-6)19-15-26)31(38)36-30(32(39)43-34(3,4)5)21-24-12-16-28(17-13-24)42-22-25-10-8-7-9-11-25/h7-19,23,29-30H,20-22H2,1-6H3,(H,36,38)(H2,35,37,40)/t29-,30-/m0/s1. The van der Waals surface area contributed by atoms with Gasteiger partial charge in [-0.3, -0.25) is 4.79 Å². The van der Waals surface area contributed by atoms with Gasteiger partial charge < -0.3 is 30.2 Å². The number of esters is 1. The Balaban J connectivity index is 1.69. The molecule has 43 heavy (non-hydrogen) atoms. The van der Waals surface area contributed by atoms with Crippen molar-refractivity contribution in [3.8, 4) is 11.5 Å². The first-order valence-corrected chi connectivity index (χ1v) is 14.4. The fraction of sp³-hybridized carbons (Fsp3) is 0.382. The molecule has 0 fully saturated rings. The number of carbonyl (C=O) groups excluding carboxylic acids is 3. The summed E-state index contributed by atoms with van der Waals surface area (Å²) in [5, 5.41) is 8.33. The van der Waals surface area contributed by atoms with Crippen molar-refractivity contribution in [2.24, 2.45) is 5.92 Å². The van der Waals surface area contributed by atoms with Crippen molar-refractivity contribution in [3.05, 3.63) is 90.0 Å². The summed E-state index contributed by atoms with van der Waals surface area (Å²) < 4.78 is 16.7. The Labute approximate surface area is 254 Å². The van der Waals surface area contributed by atoms with Crippen LogP contribution >= 0.6 is 0 Å². The lowest BCUT2D eigenvalue weighted by Crippen LogP contribution is -2.54. The summed E-state index contributed by atoms with van der Waals surface area (Å²) in [5.41, 5.74) is 1.67. The van der Waals surface area contributed by atoms with Gasteiger partial charge in [0.05, 0.1) is 7.11 Å². The van der Waals surface area contributed by atoms with E-state index in [0.29, 0.717) is 30.2 Å². The number of hydrogen-bond donors (Lipinski definition) is 3. The second-order valence-corrected chi connectivity index (χ2v) is 11.7. The summed E-state index contributed by atoms with van der Waals surface area (Å²) in [4.78, 5) is 39.5. The van der Waals surface area contributed by atoms with E-state index in [1.807, 2.05) is 68.4 Å². The summed E-state index contributed by atoms with van der Waals surface area (Å²) in [6, 6.07) is 21.7. The second-order valence-electron chi connectivity index (χ2n) is 11.7. The highest BCUT2D eigenvalue weighted by molar-refractivity contribution is 5.95. The number of nitrogens with one attached hydrogen (secondary N) is 3. The van der Waals surface area contributed by atoms with Gasteiger partial charge in [0.15, 0.2) is 0 Å². The Morgan fingerprint density at radius 3 is 1.98 bits per heavy atom. The van der Waals surface area contributed by atoms with E-state index in [0.717, 1.165) is 11.1 Å². The molecule has 3 N–H and O–H groups in total. The number of hydrogen-bond acceptors (Lipinski definition) is 6. The third-order valence-electron chi connectivity index (χ3n) is 6.30. The van der Waals surface area contributed by atoms with Crippen LogP contribution in [0.2, 0.25) is 0 Å². The Morgan fingerprint density at radius 2 is 1.40 bits per heavy atom. The summed E-state index contributed by atoms with van der Waals surface area (Å²) in [7, 11) is 1.56. The summed E-state index contributed by atoms with van der Waals surface area (Å²) >= 11 is 0. The quantitative estimate of drug-likeness (QED) is 0.215. The molecular weight excluding hydrogens is 546 g/mol. The van der Waals surface area contributed by atoms with Crippen LogP contribution in [0, 0.1) is 5.92 Å². The minimum Gasteiger partial charge on any atom is -0.497 e. The van der Waals surface area contributed by atoms with Gasteiger partial charge in [0.2, 0.25) is 5.91 Å². The van der Waals surface area contributed by atoms with E-state index in [9.17, 15) is 14.4 Å². The predicted octanol–water partition coefficient (Wildman–Crippen LogP) is 5.88. The Morgan fingerprint density at radius 1 is 0.767 bits per heavy atom. The van der Waals surface area contributed by atoms with E-state index in [1.165, 1.54) is 0 Å². The number of methoxy groups -OCH3 is 1. The lowest BCUT2D eigenvalue weighted by molar-refractivity contribution is -0.158. The molecule has 0 aliphatic rings. The number of carbonyl (C=O) groups is 3. The number of anilines is 1. The minimum absolute atomic E-state index is 0.0976. The number of rotatable bonds is 13. The van der Waals surface area contributed by atoms with Crippen molar-refractivity contribution in [1.29, 1.82) is 0 Å². The fourth-order valence-electron chi connectivity index (χ4n) is 4.24. The van der Waals surface area contributed by atoms with Gasteiger partial charge in [-0.1, -0.05) is 56.3 Å². The highest BCUT2D eigenvalue weighted by Gasteiger charge is 2.30. The Hall–Kier alpha value is -4.53. The van der Waals surface area contributed by atoms with Crippen molar-refractivity contribution in [2.45, 2.75) is 71.8 Å². The van der Waals surface area contributed by atoms with Crippen LogP contribution in [0.3, 0.4) is 0 Å². The topological polar surface area (TPSA) is 115 Å². The van der Waals surface area contributed by atoms with Crippen molar-refractivity contribution in [1.82, 2.24) is 10.6 Å². The molecule has 230 valence electrons. The average Bonchev–Trinajstić information content (AvgIpc) is 2.96. The highest BCUT2D eigenvalue weighted by Crippen LogP contribution is 2.18. The monoisotopic (exact) mass is 589 g/mol. The molecule has 3 aromatic rings. The number of urea groups is 1. The molecule has 3 amide bonds. The number of ether oxygens (including phenoxy) is 3. The first kappa shape index (κ1) is 33.0. The molecule has 9 nitrogen and oxygen atoms in total. The van der Waals surface area contributed by atoms with E-state index >= 15 is 0 Å². The maximum atomic E-state index is 13.5. The fourth-order valence-corrected chi connectivity index (χ4v) is 4.24. The van der Waals surface area contributed by atoms with Crippen molar-refractivity contribution in [2.75, 3.05) is 12.4 Å². The Kier molecular flexibility index (Phi) is 12.0. The molecule has 0 aliphatic carbocycles. The van der Waals surface area contributed by atoms with Crippen LogP contribution in [0.4, 0.5) is 10.5 Å². The van der Waals surface area contributed by atoms with Gasteiger partial charge in [-0.05, 0) is 80.6 Å². The SMILES string of the molecule is COc1ccc(NC(=O)N[C@@H](CC(C)C)C(=O)N[C@@H](Cc2ccc(OCc3ccccc3)cc2)C(=O)OC(C)(C)C)cc1. The lowest BCUT2D eigenvalue weighted by Gasteiger charge is -2.27. The molecule has 0 spiro atoms. The van der Waals surface area contributed by atoms with Gasteiger partial charge in [-0.2, -0.15) is 0 Å². The molecule has 0 unspecified atom stereocenters. The van der Waals surface area contributed by atoms with Crippen LogP contribution in [0.1, 0.15) is 52.2 Å². The number of amides is 3. The van der Waals surface area contributed by atoms with Crippen molar-refractivity contribution >= 4 is 23.6 Å². The van der Waals surface area contributed by atoms with E-state index in [1.54, 1.807) is 52.1 Å². The molecule has 0 radical (unpaired) electrons. The van der Waals surface area contributed by atoms with Gasteiger partial charge in [-0.25, -0.2) is 9.59 Å². The molecule has 2 atom stereocenters. The average molecular weight is 590 g/mol. The van der Waals surface area contributed by atoms with Crippen LogP contribution < -0.4 is 25.4 Å². The maximum Gasteiger partial charge on any atom is 0.329 e. The normalized spacial score (nSPS) is 12.5. The molecule has 0 saturated heterocycles. The zero-order valence-electron chi connectivity index (χ0n) is 25.8. The molecule has 0 bridgehead atoms. The molecule has 3 aromatic carbocycles. The molecule has 0 aliphatic heterocycles. The molecule has 0 saturated carbocycles. The van der Waals surface area contributed by atoms with E-state index in [-0.39, 0.29) is 12.3 Å². The zero-order valence-corrected chi connectivity index (χ0v) is 25.8. The van der Waals surface area contributed by atoms with Crippen molar-refractivity contribution in [3.63, 3.8) is 0 Å². The van der Waals surface area contributed by atoms with Crippen LogP contribution in [-0.4, -0.2) is 42.7 Å². The third kappa shape index (κ3) is 11.7. The minimum atomic E-state index is -0.969.